The van der Waals surface area contributed by atoms with Crippen LogP contribution in [0.15, 0.2) is 40.3 Å². The van der Waals surface area contributed by atoms with Gasteiger partial charge in [-0.1, -0.05) is 23.9 Å². The first-order valence-corrected chi connectivity index (χ1v) is 6.78. The Hall–Kier alpha value is -1.83. The molecular formula is C13H10F4N2OS. The maximum atomic E-state index is 12.8. The molecule has 0 saturated carbocycles. The Labute approximate surface area is 121 Å². The van der Waals surface area contributed by atoms with Crippen LogP contribution in [0.3, 0.4) is 0 Å². The average Bonchev–Trinajstić information content (AvgIpc) is 2.41. The molecule has 1 aromatic carbocycles. The lowest BCUT2D eigenvalue weighted by Gasteiger charge is -2.10. The normalized spacial score (nSPS) is 11.7. The van der Waals surface area contributed by atoms with Crippen LogP contribution in [-0.4, -0.2) is 9.55 Å². The first-order valence-electron chi connectivity index (χ1n) is 5.80. The van der Waals surface area contributed by atoms with Crippen molar-refractivity contribution in [3.8, 4) is 0 Å². The van der Waals surface area contributed by atoms with Gasteiger partial charge < -0.3 is 0 Å². The molecule has 3 nitrogen and oxygen atoms in total. The number of aromatic nitrogens is 2. The van der Waals surface area contributed by atoms with Crippen molar-refractivity contribution in [2.24, 2.45) is 7.05 Å². The summed E-state index contributed by atoms with van der Waals surface area (Å²) >= 11 is 0.980. The number of thioether (sulfide) groups is 1. The Kier molecular flexibility index (Phi) is 4.36. The van der Waals surface area contributed by atoms with Crippen LogP contribution in [-0.2, 0) is 19.0 Å². The average molecular weight is 318 g/mol. The molecule has 0 fully saturated rings. The number of halogens is 4. The maximum absolute atomic E-state index is 12.8. The predicted molar refractivity (Wildman–Crippen MR) is 70.4 cm³/mol. The van der Waals surface area contributed by atoms with E-state index in [0.29, 0.717) is 11.6 Å². The third kappa shape index (κ3) is 3.84. The van der Waals surface area contributed by atoms with E-state index in [0.717, 1.165) is 16.3 Å². The molecule has 0 saturated heterocycles. The summed E-state index contributed by atoms with van der Waals surface area (Å²) in [4.78, 5) is 15.0. The van der Waals surface area contributed by atoms with E-state index in [-0.39, 0.29) is 10.9 Å². The summed E-state index contributed by atoms with van der Waals surface area (Å²) in [6.45, 7) is 0. The fraction of sp³-hybridized carbons (Fsp3) is 0.231. The summed E-state index contributed by atoms with van der Waals surface area (Å²) in [6, 6.07) is 6.02. The molecule has 0 aliphatic rings. The lowest BCUT2D eigenvalue weighted by Crippen LogP contribution is -2.23. The number of rotatable bonds is 3. The monoisotopic (exact) mass is 318 g/mol. The van der Waals surface area contributed by atoms with E-state index in [1.807, 2.05) is 0 Å². The number of hydrogen-bond acceptors (Lipinski definition) is 3. The molecule has 2 aromatic rings. The third-order valence-electron chi connectivity index (χ3n) is 2.67. The molecule has 0 aliphatic carbocycles. The van der Waals surface area contributed by atoms with Crippen LogP contribution in [0.25, 0.3) is 0 Å². The standard InChI is InChI=1S/C13H10F4N2OS/c1-19-11(20)6-10(13(15,16)17)18-12(19)21-7-8-2-4-9(14)5-3-8/h2-6H,7H2,1H3. The molecular weight excluding hydrogens is 308 g/mol. The fourth-order valence-corrected chi connectivity index (χ4v) is 2.46. The summed E-state index contributed by atoms with van der Waals surface area (Å²) in [5, 5.41) is -0.0425. The van der Waals surface area contributed by atoms with Crippen molar-refractivity contribution in [2.75, 3.05) is 0 Å². The molecule has 0 bridgehead atoms. The van der Waals surface area contributed by atoms with E-state index >= 15 is 0 Å². The second kappa shape index (κ2) is 5.88. The van der Waals surface area contributed by atoms with Crippen LogP contribution in [0, 0.1) is 5.82 Å². The van der Waals surface area contributed by atoms with Gasteiger partial charge in [0.25, 0.3) is 5.56 Å². The van der Waals surface area contributed by atoms with Crippen molar-refractivity contribution < 1.29 is 17.6 Å². The highest BCUT2D eigenvalue weighted by atomic mass is 32.2. The van der Waals surface area contributed by atoms with Crippen LogP contribution in [0.2, 0.25) is 0 Å². The highest BCUT2D eigenvalue weighted by Crippen LogP contribution is 2.28. The molecule has 1 aromatic heterocycles. The van der Waals surface area contributed by atoms with Crippen LogP contribution in [0.4, 0.5) is 17.6 Å². The SMILES string of the molecule is Cn1c(SCc2ccc(F)cc2)nc(C(F)(F)F)cc1=O. The van der Waals surface area contributed by atoms with Crippen molar-refractivity contribution >= 4 is 11.8 Å². The Morgan fingerprint density at radius 1 is 1.24 bits per heavy atom. The van der Waals surface area contributed by atoms with Gasteiger partial charge in [0.05, 0.1) is 0 Å². The lowest BCUT2D eigenvalue weighted by atomic mass is 10.2. The van der Waals surface area contributed by atoms with Gasteiger partial charge in [-0.15, -0.1) is 0 Å². The Bertz CT molecular complexity index is 695. The lowest BCUT2D eigenvalue weighted by molar-refractivity contribution is -0.141. The zero-order valence-electron chi connectivity index (χ0n) is 10.8. The summed E-state index contributed by atoms with van der Waals surface area (Å²) in [6.07, 6.45) is -4.67. The van der Waals surface area contributed by atoms with Gasteiger partial charge in [-0.25, -0.2) is 9.37 Å². The molecule has 0 spiro atoms. The Balaban J connectivity index is 2.25. The Morgan fingerprint density at radius 3 is 2.43 bits per heavy atom. The van der Waals surface area contributed by atoms with Gasteiger partial charge in [-0.2, -0.15) is 13.2 Å². The molecule has 0 radical (unpaired) electrons. The molecule has 112 valence electrons. The van der Waals surface area contributed by atoms with Gasteiger partial charge in [0, 0.05) is 18.9 Å². The van der Waals surface area contributed by atoms with E-state index in [2.05, 4.69) is 4.98 Å². The van der Waals surface area contributed by atoms with Crippen molar-refractivity contribution in [2.45, 2.75) is 17.1 Å². The first-order chi connectivity index (χ1) is 9.77. The molecule has 8 heteroatoms. The largest absolute Gasteiger partial charge is 0.433 e. The smallest absolute Gasteiger partial charge is 0.291 e. The van der Waals surface area contributed by atoms with Crippen LogP contribution in [0.1, 0.15) is 11.3 Å². The van der Waals surface area contributed by atoms with Gasteiger partial charge in [0.15, 0.2) is 10.9 Å². The second-order valence-electron chi connectivity index (χ2n) is 4.23. The maximum Gasteiger partial charge on any atom is 0.433 e. The molecule has 0 atom stereocenters. The van der Waals surface area contributed by atoms with Gasteiger partial charge in [-0.3, -0.25) is 9.36 Å². The van der Waals surface area contributed by atoms with Crippen molar-refractivity contribution in [3.05, 3.63) is 57.8 Å². The van der Waals surface area contributed by atoms with Gasteiger partial charge >= 0.3 is 6.18 Å². The third-order valence-corrected chi connectivity index (χ3v) is 3.77. The molecule has 21 heavy (non-hydrogen) atoms. The van der Waals surface area contributed by atoms with Crippen LogP contribution < -0.4 is 5.56 Å². The number of benzene rings is 1. The van der Waals surface area contributed by atoms with E-state index < -0.39 is 23.2 Å². The minimum absolute atomic E-state index is 0.0425. The highest BCUT2D eigenvalue weighted by molar-refractivity contribution is 7.98. The predicted octanol–water partition coefficient (Wildman–Crippen LogP) is 3.23. The number of alkyl halides is 3. The summed E-state index contributed by atoms with van der Waals surface area (Å²) in [5.41, 5.74) is -1.28. The van der Waals surface area contributed by atoms with Crippen molar-refractivity contribution in [3.63, 3.8) is 0 Å². The molecule has 1 heterocycles. The van der Waals surface area contributed by atoms with E-state index in [4.69, 9.17) is 0 Å². The second-order valence-corrected chi connectivity index (χ2v) is 5.18. The minimum Gasteiger partial charge on any atom is -0.291 e. The molecule has 0 aliphatic heterocycles. The molecule has 2 rings (SSSR count). The van der Waals surface area contributed by atoms with Crippen molar-refractivity contribution in [1.29, 1.82) is 0 Å². The highest BCUT2D eigenvalue weighted by Gasteiger charge is 2.33. The van der Waals surface area contributed by atoms with Gasteiger partial charge in [-0.05, 0) is 17.7 Å². The van der Waals surface area contributed by atoms with Gasteiger partial charge in [0.1, 0.15) is 5.82 Å². The molecule has 0 amide bonds. The fourth-order valence-electron chi connectivity index (χ4n) is 1.52. The van der Waals surface area contributed by atoms with E-state index in [1.54, 1.807) is 0 Å². The number of hydrogen-bond donors (Lipinski definition) is 0. The molecule has 0 N–H and O–H groups in total. The molecule has 0 unspecified atom stereocenters. The topological polar surface area (TPSA) is 34.9 Å². The van der Waals surface area contributed by atoms with E-state index in [9.17, 15) is 22.4 Å². The number of nitrogens with zero attached hydrogens (tertiary/aromatic N) is 2. The first kappa shape index (κ1) is 15.6. The minimum atomic E-state index is -4.67. The summed E-state index contributed by atoms with van der Waals surface area (Å²) < 4.78 is 51.7. The quantitative estimate of drug-likeness (QED) is 0.495. The summed E-state index contributed by atoms with van der Waals surface area (Å²) in [7, 11) is 1.35. The Morgan fingerprint density at radius 2 is 1.86 bits per heavy atom. The zero-order valence-corrected chi connectivity index (χ0v) is 11.6. The van der Waals surface area contributed by atoms with Crippen LogP contribution >= 0.6 is 11.8 Å². The van der Waals surface area contributed by atoms with Crippen LogP contribution in [0.5, 0.6) is 0 Å². The van der Waals surface area contributed by atoms with Crippen molar-refractivity contribution in [1.82, 2.24) is 9.55 Å². The zero-order chi connectivity index (χ0) is 15.6. The summed E-state index contributed by atoms with van der Waals surface area (Å²) in [5.74, 6) is -0.115. The van der Waals surface area contributed by atoms with E-state index in [1.165, 1.54) is 31.3 Å². The van der Waals surface area contributed by atoms with Gasteiger partial charge in [0.2, 0.25) is 0 Å².